The first kappa shape index (κ1) is 26.9. The van der Waals surface area contributed by atoms with Gasteiger partial charge in [-0.3, -0.25) is 10.6 Å². The molecule has 1 aromatic rings. The quantitative estimate of drug-likeness (QED) is 0.348. The van der Waals surface area contributed by atoms with Gasteiger partial charge in [-0.15, -0.1) is 4.83 Å². The van der Waals surface area contributed by atoms with Crippen LogP contribution in [0.25, 0.3) is 0 Å². The fraction of sp³-hybridized carbons (Fsp3) is 0.759. The Hall–Kier alpha value is -1.64. The van der Waals surface area contributed by atoms with E-state index in [9.17, 15) is 18.3 Å². The van der Waals surface area contributed by atoms with Crippen molar-refractivity contribution < 1.29 is 23.1 Å². The zero-order valence-corrected chi connectivity index (χ0v) is 23.8. The molecule has 206 valence electrons. The Morgan fingerprint density at radius 3 is 2.51 bits per heavy atom. The van der Waals surface area contributed by atoms with Crippen LogP contribution < -0.4 is 15.4 Å². The van der Waals surface area contributed by atoms with Crippen LogP contribution in [0.3, 0.4) is 0 Å². The van der Waals surface area contributed by atoms with Crippen molar-refractivity contribution in [1.29, 1.82) is 0 Å². The molecule has 0 aromatic heterocycles. The Morgan fingerprint density at radius 1 is 1.11 bits per heavy atom. The molecule has 7 atom stereocenters. The number of benzene rings is 1. The van der Waals surface area contributed by atoms with Crippen molar-refractivity contribution in [2.45, 2.75) is 109 Å². The average Bonchev–Trinajstić information content (AvgIpc) is 3.16. The van der Waals surface area contributed by atoms with Crippen molar-refractivity contribution in [2.24, 2.45) is 40.3 Å². The van der Waals surface area contributed by atoms with Gasteiger partial charge in [-0.25, -0.2) is 8.42 Å². The van der Waals surface area contributed by atoms with Crippen molar-refractivity contribution in [1.82, 2.24) is 4.83 Å². The predicted octanol–water partition coefficient (Wildman–Crippen LogP) is 5.34. The maximum atomic E-state index is 13.0. The van der Waals surface area contributed by atoms with Crippen molar-refractivity contribution >= 4 is 15.8 Å². The Balaban J connectivity index is 1.63. The summed E-state index contributed by atoms with van der Waals surface area (Å²) in [5.41, 5.74) is 1.39. The highest BCUT2D eigenvalue weighted by atomic mass is 32.2. The Labute approximate surface area is 221 Å². The van der Waals surface area contributed by atoms with Gasteiger partial charge in [-0.05, 0) is 118 Å². The SMILES string of the molecule is Cc1c(C2CCCC3CC[C@@H]4[C@@H](CC[C@]5(C)C(=O)CC[C@@H]45)[C@]32C)cc(S(=O)(=O)NN)c(OC(C)C)c1O. The number of phenolic OH excluding ortho intramolecular Hbond substituents is 1. The molecule has 7 nitrogen and oxygen atoms in total. The molecule has 4 N–H and O–H groups in total. The van der Waals surface area contributed by atoms with Crippen LogP contribution >= 0.6 is 0 Å². The van der Waals surface area contributed by atoms with Gasteiger partial charge in [0.1, 0.15) is 10.7 Å². The topological polar surface area (TPSA) is 119 Å². The van der Waals surface area contributed by atoms with Crippen LogP contribution in [-0.2, 0) is 14.8 Å². The van der Waals surface area contributed by atoms with E-state index in [0.29, 0.717) is 41.4 Å². The molecule has 37 heavy (non-hydrogen) atoms. The third-order valence-electron chi connectivity index (χ3n) is 11.2. The summed E-state index contributed by atoms with van der Waals surface area (Å²) in [6.45, 7) is 10.1. The highest BCUT2D eigenvalue weighted by Crippen LogP contribution is 2.68. The van der Waals surface area contributed by atoms with Crippen LogP contribution in [0.5, 0.6) is 11.5 Å². The number of ether oxygens (including phenoxy) is 1. The van der Waals surface area contributed by atoms with Gasteiger partial charge in [-0.2, -0.15) is 0 Å². The van der Waals surface area contributed by atoms with Gasteiger partial charge >= 0.3 is 0 Å². The third-order valence-corrected chi connectivity index (χ3v) is 12.3. The van der Waals surface area contributed by atoms with Crippen molar-refractivity contribution in [3.63, 3.8) is 0 Å². The number of ketones is 1. The molecular weight excluding hydrogens is 488 g/mol. The number of Topliss-reactive ketones (excluding diaryl/α,β-unsaturated/α-hetero) is 1. The molecule has 8 heteroatoms. The lowest BCUT2D eigenvalue weighted by Crippen LogP contribution is -2.55. The van der Waals surface area contributed by atoms with E-state index in [1.807, 2.05) is 11.8 Å². The molecule has 4 aliphatic rings. The minimum absolute atomic E-state index is 0.0249. The summed E-state index contributed by atoms with van der Waals surface area (Å²) < 4.78 is 31.9. The smallest absolute Gasteiger partial charge is 0.256 e. The molecule has 4 saturated carbocycles. The van der Waals surface area contributed by atoms with Gasteiger partial charge in [0.05, 0.1) is 6.10 Å². The molecule has 0 bridgehead atoms. The number of hydrogen-bond acceptors (Lipinski definition) is 6. The first-order valence-electron chi connectivity index (χ1n) is 14.1. The highest BCUT2D eigenvalue weighted by molar-refractivity contribution is 7.89. The average molecular weight is 533 g/mol. The first-order chi connectivity index (χ1) is 17.4. The largest absolute Gasteiger partial charge is 0.504 e. The summed E-state index contributed by atoms with van der Waals surface area (Å²) in [5, 5.41) is 11.3. The molecule has 0 radical (unpaired) electrons. The molecule has 4 aliphatic carbocycles. The fourth-order valence-corrected chi connectivity index (χ4v) is 10.1. The monoisotopic (exact) mass is 532 g/mol. The Morgan fingerprint density at radius 2 is 1.84 bits per heavy atom. The molecule has 0 amide bonds. The molecule has 0 saturated heterocycles. The van der Waals surface area contributed by atoms with Gasteiger partial charge in [0, 0.05) is 11.8 Å². The van der Waals surface area contributed by atoms with Gasteiger partial charge in [0.15, 0.2) is 11.5 Å². The Bertz CT molecular complexity index is 1200. The number of fused-ring (bicyclic) bond motifs is 5. The van der Waals surface area contributed by atoms with E-state index in [0.717, 1.165) is 44.1 Å². The molecule has 0 aliphatic heterocycles. The van der Waals surface area contributed by atoms with Crippen molar-refractivity contribution in [3.8, 4) is 11.5 Å². The van der Waals surface area contributed by atoms with E-state index in [4.69, 9.17) is 10.6 Å². The lowest BCUT2D eigenvalue weighted by molar-refractivity contribution is -0.141. The van der Waals surface area contributed by atoms with Crippen molar-refractivity contribution in [2.75, 3.05) is 0 Å². The van der Waals surface area contributed by atoms with Gasteiger partial charge < -0.3 is 9.84 Å². The van der Waals surface area contributed by atoms with Crippen LogP contribution in [-0.4, -0.2) is 25.4 Å². The zero-order chi connectivity index (χ0) is 26.9. The van der Waals surface area contributed by atoms with E-state index in [1.54, 1.807) is 19.9 Å². The molecule has 1 aromatic carbocycles. The maximum absolute atomic E-state index is 13.0. The van der Waals surface area contributed by atoms with E-state index in [-0.39, 0.29) is 39.2 Å². The van der Waals surface area contributed by atoms with Crippen LogP contribution in [0, 0.1) is 41.4 Å². The first-order valence-corrected chi connectivity index (χ1v) is 15.6. The third kappa shape index (κ3) is 3.96. The molecule has 2 unspecified atom stereocenters. The summed E-state index contributed by atoms with van der Waals surface area (Å²) in [5.74, 6) is 7.88. The van der Waals surface area contributed by atoms with Gasteiger partial charge in [0.25, 0.3) is 10.0 Å². The van der Waals surface area contributed by atoms with Crippen LogP contribution in [0.15, 0.2) is 11.0 Å². The molecule has 0 spiro atoms. The number of hydrogen-bond donors (Lipinski definition) is 3. The molecule has 5 rings (SSSR count). The van der Waals surface area contributed by atoms with Crippen LogP contribution in [0.4, 0.5) is 0 Å². The molecule has 0 heterocycles. The van der Waals surface area contributed by atoms with E-state index >= 15 is 0 Å². The van der Waals surface area contributed by atoms with E-state index in [1.165, 1.54) is 12.8 Å². The standard InChI is InChI=1S/C29H44N2O5S/c1-16(2)36-27-24(37(34,35)31-30)15-20(17(3)26(27)33)22-8-6-7-18-9-10-19-21-11-12-25(32)28(21,4)14-13-23(19)29(18,22)5/h15-16,18-19,21-23,31,33H,6-14,30H2,1-5H3/t18?,19-,21-,22?,23+,28-,29+/m0/s1. The summed E-state index contributed by atoms with van der Waals surface area (Å²) >= 11 is 0. The van der Waals surface area contributed by atoms with E-state index in [2.05, 4.69) is 13.8 Å². The number of rotatable bonds is 5. The minimum Gasteiger partial charge on any atom is -0.504 e. The van der Waals surface area contributed by atoms with E-state index < -0.39 is 10.0 Å². The number of sulfonamides is 1. The van der Waals surface area contributed by atoms with Crippen LogP contribution in [0.2, 0.25) is 0 Å². The predicted molar refractivity (Wildman–Crippen MR) is 143 cm³/mol. The second-order valence-corrected chi connectivity index (χ2v) is 14.7. The second-order valence-electron chi connectivity index (χ2n) is 13.0. The number of aromatic hydroxyl groups is 1. The van der Waals surface area contributed by atoms with Crippen molar-refractivity contribution in [3.05, 3.63) is 17.2 Å². The molecule has 4 fully saturated rings. The fourth-order valence-electron chi connectivity index (χ4n) is 9.32. The maximum Gasteiger partial charge on any atom is 0.256 e. The minimum atomic E-state index is -4.07. The lowest BCUT2D eigenvalue weighted by atomic mass is 9.42. The lowest BCUT2D eigenvalue weighted by Gasteiger charge is -2.62. The number of nitrogens with one attached hydrogen (secondary N) is 1. The number of phenols is 1. The number of nitrogens with two attached hydrogens (primary N) is 1. The summed E-state index contributed by atoms with van der Waals surface area (Å²) in [6, 6.07) is 1.72. The summed E-state index contributed by atoms with van der Waals surface area (Å²) in [4.78, 5) is 14.7. The zero-order valence-electron chi connectivity index (χ0n) is 23.0. The Kier molecular flexibility index (Phi) is 6.72. The molecular formula is C29H44N2O5S. The normalized spacial score (nSPS) is 37.7. The highest BCUT2D eigenvalue weighted by Gasteiger charge is 2.62. The number of carbonyl (C=O) groups excluding carboxylic acids is 1. The van der Waals surface area contributed by atoms with Gasteiger partial charge in [0.2, 0.25) is 0 Å². The van der Waals surface area contributed by atoms with Crippen LogP contribution in [0.1, 0.15) is 103 Å². The summed E-state index contributed by atoms with van der Waals surface area (Å²) in [6.07, 6.45) is 8.98. The number of carbonyl (C=O) groups is 1. The van der Waals surface area contributed by atoms with Gasteiger partial charge in [-0.1, -0.05) is 20.3 Å². The number of hydrazine groups is 1. The summed E-state index contributed by atoms with van der Waals surface area (Å²) in [7, 11) is -4.07. The second kappa shape index (κ2) is 9.23.